The van der Waals surface area contributed by atoms with Crippen molar-refractivity contribution in [1.82, 2.24) is 4.90 Å². The molecule has 3 rings (SSSR count). The van der Waals surface area contributed by atoms with Gasteiger partial charge in [-0.3, -0.25) is 4.79 Å². The Bertz CT molecular complexity index is 758. The quantitative estimate of drug-likeness (QED) is 0.730. The maximum Gasteiger partial charge on any atom is 0.223 e. The summed E-state index contributed by atoms with van der Waals surface area (Å²) in [6.45, 7) is 2.97. The summed E-state index contributed by atoms with van der Waals surface area (Å²) in [5, 5.41) is 1.82. The van der Waals surface area contributed by atoms with Crippen LogP contribution in [0.1, 0.15) is 12.0 Å². The Balaban J connectivity index is 1.53. The van der Waals surface area contributed by atoms with E-state index >= 15 is 0 Å². The van der Waals surface area contributed by atoms with E-state index in [-0.39, 0.29) is 5.91 Å². The number of nitrogens with zero attached hydrogens (tertiary/aromatic N) is 2. The summed E-state index contributed by atoms with van der Waals surface area (Å²) in [7, 11) is 0. The molecule has 1 saturated heterocycles. The average Bonchev–Trinajstić information content (AvgIpc) is 2.63. The lowest BCUT2D eigenvalue weighted by Crippen LogP contribution is -2.48. The molecule has 6 heteroatoms. The van der Waals surface area contributed by atoms with Crippen LogP contribution < -0.4 is 4.90 Å². The van der Waals surface area contributed by atoms with Crippen molar-refractivity contribution in [2.24, 2.45) is 0 Å². The van der Waals surface area contributed by atoms with E-state index < -0.39 is 0 Å². The second-order valence-electron chi connectivity index (χ2n) is 6.03. The minimum atomic E-state index is 0.148. The minimum Gasteiger partial charge on any atom is -0.367 e. The van der Waals surface area contributed by atoms with E-state index in [1.165, 1.54) is 0 Å². The van der Waals surface area contributed by atoms with Gasteiger partial charge in [-0.1, -0.05) is 59.1 Å². The summed E-state index contributed by atoms with van der Waals surface area (Å²) in [6.07, 6.45) is 1.04. The van der Waals surface area contributed by atoms with E-state index in [9.17, 15) is 4.79 Å². The summed E-state index contributed by atoms with van der Waals surface area (Å²) in [5.74, 6) is 0.148. The Morgan fingerprint density at radius 2 is 1.56 bits per heavy atom. The Kier molecular flexibility index (Phi) is 6.10. The monoisotopic (exact) mass is 396 g/mol. The molecule has 0 unspecified atom stereocenters. The molecule has 0 atom stereocenters. The fourth-order valence-electron chi connectivity index (χ4n) is 3.05. The van der Waals surface area contributed by atoms with E-state index in [1.54, 1.807) is 6.07 Å². The molecule has 0 spiro atoms. The number of piperazine rings is 1. The Labute approximate surface area is 163 Å². The molecule has 1 heterocycles. The maximum absolute atomic E-state index is 12.5. The van der Waals surface area contributed by atoms with Crippen LogP contribution in [0.25, 0.3) is 0 Å². The van der Waals surface area contributed by atoms with Gasteiger partial charge in [0.25, 0.3) is 0 Å². The van der Waals surface area contributed by atoms with Gasteiger partial charge in [-0.25, -0.2) is 0 Å². The largest absolute Gasteiger partial charge is 0.367 e. The fraction of sp³-hybridized carbons (Fsp3) is 0.316. The first kappa shape index (κ1) is 18.4. The molecule has 0 N–H and O–H groups in total. The number of rotatable bonds is 4. The third-order valence-electron chi connectivity index (χ3n) is 4.47. The zero-order valence-electron chi connectivity index (χ0n) is 13.7. The van der Waals surface area contributed by atoms with Crippen LogP contribution >= 0.6 is 34.8 Å². The van der Waals surface area contributed by atoms with Crippen molar-refractivity contribution in [3.05, 3.63) is 63.1 Å². The summed E-state index contributed by atoms with van der Waals surface area (Å²) in [4.78, 5) is 16.6. The molecule has 1 amide bonds. The highest BCUT2D eigenvalue weighted by Gasteiger charge is 2.22. The summed E-state index contributed by atoms with van der Waals surface area (Å²) >= 11 is 18.5. The van der Waals surface area contributed by atoms with Gasteiger partial charge in [0.1, 0.15) is 0 Å². The highest BCUT2D eigenvalue weighted by atomic mass is 35.5. The van der Waals surface area contributed by atoms with Crippen LogP contribution in [0.3, 0.4) is 0 Å². The van der Waals surface area contributed by atoms with Crippen LogP contribution in [0.5, 0.6) is 0 Å². The van der Waals surface area contributed by atoms with Crippen molar-refractivity contribution in [2.75, 3.05) is 31.1 Å². The number of aryl methyl sites for hydroxylation is 1. The average molecular weight is 398 g/mol. The molecule has 1 aliphatic rings. The number of hydrogen-bond donors (Lipinski definition) is 0. The molecule has 0 aliphatic carbocycles. The molecule has 0 saturated carbocycles. The van der Waals surface area contributed by atoms with E-state index in [1.807, 2.05) is 41.3 Å². The molecule has 1 aliphatic heterocycles. The summed E-state index contributed by atoms with van der Waals surface area (Å²) in [6, 6.07) is 13.3. The lowest BCUT2D eigenvalue weighted by molar-refractivity contribution is -0.131. The smallest absolute Gasteiger partial charge is 0.223 e. The van der Waals surface area contributed by atoms with Crippen LogP contribution in [-0.2, 0) is 11.2 Å². The van der Waals surface area contributed by atoms with Gasteiger partial charge in [-0.2, -0.15) is 0 Å². The van der Waals surface area contributed by atoms with E-state index in [4.69, 9.17) is 34.8 Å². The lowest BCUT2D eigenvalue weighted by atomic mass is 10.1. The summed E-state index contributed by atoms with van der Waals surface area (Å²) < 4.78 is 0. The number of halogens is 3. The lowest BCUT2D eigenvalue weighted by Gasteiger charge is -2.36. The third-order valence-corrected chi connectivity index (χ3v) is 5.64. The molecule has 2 aromatic rings. The molecule has 1 fully saturated rings. The molecule has 3 nitrogen and oxygen atoms in total. The first-order chi connectivity index (χ1) is 12.1. The van der Waals surface area contributed by atoms with Crippen LogP contribution in [0.2, 0.25) is 15.1 Å². The molecule has 25 heavy (non-hydrogen) atoms. The van der Waals surface area contributed by atoms with Crippen molar-refractivity contribution >= 4 is 46.4 Å². The zero-order valence-corrected chi connectivity index (χ0v) is 16.0. The first-order valence-electron chi connectivity index (χ1n) is 8.26. The molecule has 0 radical (unpaired) electrons. The van der Waals surface area contributed by atoms with Gasteiger partial charge in [0, 0.05) is 32.6 Å². The van der Waals surface area contributed by atoms with Crippen molar-refractivity contribution in [1.29, 1.82) is 0 Å². The molecular weight excluding hydrogens is 379 g/mol. The molecule has 132 valence electrons. The van der Waals surface area contributed by atoms with E-state index in [0.717, 1.165) is 29.4 Å². The Morgan fingerprint density at radius 3 is 2.28 bits per heavy atom. The fourth-order valence-corrected chi connectivity index (χ4v) is 3.72. The zero-order chi connectivity index (χ0) is 17.8. The number of amides is 1. The van der Waals surface area contributed by atoms with Crippen molar-refractivity contribution in [3.63, 3.8) is 0 Å². The highest BCUT2D eigenvalue weighted by Crippen LogP contribution is 2.27. The maximum atomic E-state index is 12.5. The SMILES string of the molecule is O=C(CCc1cccc(Cl)c1Cl)N1CCN(c2ccccc2Cl)CC1. The van der Waals surface area contributed by atoms with Gasteiger partial charge < -0.3 is 9.80 Å². The molecular formula is C19H19Cl3N2O. The topological polar surface area (TPSA) is 23.6 Å². The van der Waals surface area contributed by atoms with Crippen molar-refractivity contribution in [3.8, 4) is 0 Å². The van der Waals surface area contributed by atoms with Crippen LogP contribution in [-0.4, -0.2) is 37.0 Å². The van der Waals surface area contributed by atoms with Crippen molar-refractivity contribution in [2.45, 2.75) is 12.8 Å². The van der Waals surface area contributed by atoms with E-state index in [2.05, 4.69) is 4.90 Å². The Morgan fingerprint density at radius 1 is 0.880 bits per heavy atom. The van der Waals surface area contributed by atoms with Gasteiger partial charge in [-0.15, -0.1) is 0 Å². The normalized spacial score (nSPS) is 14.7. The van der Waals surface area contributed by atoms with E-state index in [0.29, 0.717) is 36.0 Å². The van der Waals surface area contributed by atoms with Crippen LogP contribution in [0.4, 0.5) is 5.69 Å². The van der Waals surface area contributed by atoms with Gasteiger partial charge in [0.05, 0.1) is 20.8 Å². The number of anilines is 1. The second kappa shape index (κ2) is 8.31. The number of hydrogen-bond acceptors (Lipinski definition) is 2. The number of carbonyl (C=O) groups is 1. The molecule has 2 aromatic carbocycles. The van der Waals surface area contributed by atoms with Gasteiger partial charge in [0.2, 0.25) is 5.91 Å². The minimum absolute atomic E-state index is 0.148. The van der Waals surface area contributed by atoms with Gasteiger partial charge in [0.15, 0.2) is 0 Å². The second-order valence-corrected chi connectivity index (χ2v) is 7.22. The predicted molar refractivity (Wildman–Crippen MR) is 105 cm³/mol. The van der Waals surface area contributed by atoms with Gasteiger partial charge >= 0.3 is 0 Å². The van der Waals surface area contributed by atoms with Crippen LogP contribution in [0.15, 0.2) is 42.5 Å². The summed E-state index contributed by atoms with van der Waals surface area (Å²) in [5.41, 5.74) is 1.94. The predicted octanol–water partition coefficient (Wildman–Crippen LogP) is 4.93. The number of para-hydroxylation sites is 1. The van der Waals surface area contributed by atoms with Gasteiger partial charge in [-0.05, 0) is 30.2 Å². The molecule has 0 bridgehead atoms. The standard InChI is InChI=1S/C19H19Cl3N2O/c20-15-5-1-2-7-17(15)23-10-12-24(13-11-23)18(25)9-8-14-4-3-6-16(21)19(14)22/h1-7H,8-13H2. The number of benzene rings is 2. The number of carbonyl (C=O) groups excluding carboxylic acids is 1. The molecule has 0 aromatic heterocycles. The first-order valence-corrected chi connectivity index (χ1v) is 9.40. The van der Waals surface area contributed by atoms with Crippen LogP contribution in [0, 0.1) is 0 Å². The Hall–Kier alpha value is -1.42. The third kappa shape index (κ3) is 4.41. The highest BCUT2D eigenvalue weighted by molar-refractivity contribution is 6.42. The van der Waals surface area contributed by atoms with Crippen molar-refractivity contribution < 1.29 is 4.79 Å².